The number of nitrogens with zero attached hydrogens (tertiary/aromatic N) is 2. The summed E-state index contributed by atoms with van der Waals surface area (Å²) in [4.78, 5) is 4.26. The van der Waals surface area contributed by atoms with E-state index in [-0.39, 0.29) is 0 Å². The second-order valence-electron chi connectivity index (χ2n) is 5.27. The van der Waals surface area contributed by atoms with Gasteiger partial charge in [-0.1, -0.05) is 36.4 Å². The molecule has 0 heterocycles. The van der Waals surface area contributed by atoms with Gasteiger partial charge in [0.2, 0.25) is 0 Å². The Morgan fingerprint density at radius 3 is 1.90 bits per heavy atom. The molecule has 0 saturated carbocycles. The van der Waals surface area contributed by atoms with Crippen LogP contribution in [0.3, 0.4) is 0 Å². The molecule has 0 radical (unpaired) electrons. The minimum absolute atomic E-state index is 0.757. The fraction of sp³-hybridized carbons (Fsp3) is 0.333. The van der Waals surface area contributed by atoms with Crippen molar-refractivity contribution in [2.24, 2.45) is 5.73 Å². The lowest BCUT2D eigenvalue weighted by atomic mass is 10.1. The van der Waals surface area contributed by atoms with E-state index in [1.54, 1.807) is 0 Å². The molecule has 0 aliphatic carbocycles. The Bertz CT molecular complexity index is 509. The molecule has 0 fully saturated rings. The quantitative estimate of drug-likeness (QED) is 0.936. The van der Waals surface area contributed by atoms with Crippen molar-refractivity contribution in [3.63, 3.8) is 0 Å². The number of nitrogens with two attached hydrogens (primary N) is 1. The number of benzene rings is 2. The van der Waals surface area contributed by atoms with Gasteiger partial charge in [0.25, 0.3) is 0 Å². The average molecular weight is 285 g/mol. The zero-order chi connectivity index (χ0) is 15.7. The van der Waals surface area contributed by atoms with E-state index in [2.05, 4.69) is 72.3 Å². The molecule has 0 saturated heterocycles. The van der Waals surface area contributed by atoms with Crippen molar-refractivity contribution in [2.45, 2.75) is 6.92 Å². The standard InChI is InChI=1S/C14H15N.C4H12N2/c1-12-8-6-7-11-14(12)15(2)13-9-4-3-5-10-13;1-6(2)4-3-5/h3-11H,1-2H3;3-5H2,1-2H3. The van der Waals surface area contributed by atoms with Crippen LogP contribution >= 0.6 is 0 Å². The maximum Gasteiger partial charge on any atom is 0.0437 e. The van der Waals surface area contributed by atoms with Crippen LogP contribution in [-0.2, 0) is 0 Å². The molecule has 0 atom stereocenters. The van der Waals surface area contributed by atoms with Crippen LogP contribution in [0, 0.1) is 6.92 Å². The van der Waals surface area contributed by atoms with Gasteiger partial charge < -0.3 is 15.5 Å². The van der Waals surface area contributed by atoms with Crippen molar-refractivity contribution in [1.82, 2.24) is 4.90 Å². The number of likely N-dealkylation sites (N-methyl/N-ethyl adjacent to an activating group) is 1. The summed E-state index contributed by atoms with van der Waals surface area (Å²) in [6.07, 6.45) is 0. The predicted molar refractivity (Wildman–Crippen MR) is 93.3 cm³/mol. The van der Waals surface area contributed by atoms with Crippen LogP contribution in [0.1, 0.15) is 5.56 Å². The summed E-state index contributed by atoms with van der Waals surface area (Å²) in [5.41, 5.74) is 8.95. The molecule has 114 valence electrons. The molecule has 2 N–H and O–H groups in total. The largest absolute Gasteiger partial charge is 0.344 e. The molecule has 0 aromatic heterocycles. The first-order valence-electron chi connectivity index (χ1n) is 7.25. The highest BCUT2D eigenvalue weighted by atomic mass is 15.1. The molecule has 21 heavy (non-hydrogen) atoms. The smallest absolute Gasteiger partial charge is 0.0437 e. The Kier molecular flexibility index (Phi) is 7.51. The van der Waals surface area contributed by atoms with E-state index in [1.165, 1.54) is 16.9 Å². The molecule has 3 nitrogen and oxygen atoms in total. The SMILES string of the molecule is CN(C)CCN.Cc1ccccc1N(C)c1ccccc1. The maximum absolute atomic E-state index is 5.19. The fourth-order valence-electron chi connectivity index (χ4n) is 1.99. The lowest BCUT2D eigenvalue weighted by Crippen LogP contribution is -2.20. The third kappa shape index (κ3) is 5.98. The monoisotopic (exact) mass is 285 g/mol. The van der Waals surface area contributed by atoms with Crippen molar-refractivity contribution in [2.75, 3.05) is 39.1 Å². The minimum atomic E-state index is 0.757. The normalized spacial score (nSPS) is 10.0. The molecular formula is C18H27N3. The Morgan fingerprint density at radius 1 is 0.857 bits per heavy atom. The van der Waals surface area contributed by atoms with E-state index < -0.39 is 0 Å². The number of aryl methyl sites for hydroxylation is 1. The van der Waals surface area contributed by atoms with E-state index in [0.717, 1.165) is 13.1 Å². The van der Waals surface area contributed by atoms with Gasteiger partial charge in [0.1, 0.15) is 0 Å². The van der Waals surface area contributed by atoms with Gasteiger partial charge in [-0.3, -0.25) is 0 Å². The fourth-order valence-corrected chi connectivity index (χ4v) is 1.99. The number of rotatable bonds is 4. The Labute approximate surface area is 129 Å². The topological polar surface area (TPSA) is 32.5 Å². The third-order valence-electron chi connectivity index (χ3n) is 3.20. The van der Waals surface area contributed by atoms with Gasteiger partial charge in [-0.15, -0.1) is 0 Å². The molecule has 0 bridgehead atoms. The molecular weight excluding hydrogens is 258 g/mol. The first-order chi connectivity index (χ1) is 10.1. The summed E-state index contributed by atoms with van der Waals surface area (Å²) >= 11 is 0. The molecule has 2 aromatic rings. The van der Waals surface area contributed by atoms with Crippen molar-refractivity contribution in [3.05, 3.63) is 60.2 Å². The zero-order valence-electron chi connectivity index (χ0n) is 13.6. The molecule has 0 aliphatic heterocycles. The molecule has 2 rings (SSSR count). The summed E-state index contributed by atoms with van der Waals surface area (Å²) in [7, 11) is 6.11. The highest BCUT2D eigenvalue weighted by molar-refractivity contribution is 5.65. The Balaban J connectivity index is 0.000000315. The lowest BCUT2D eigenvalue weighted by molar-refractivity contribution is 0.420. The number of para-hydroxylation sites is 2. The summed E-state index contributed by atoms with van der Waals surface area (Å²) in [6, 6.07) is 18.8. The van der Waals surface area contributed by atoms with Crippen molar-refractivity contribution in [3.8, 4) is 0 Å². The maximum atomic E-state index is 5.19. The van der Waals surface area contributed by atoms with Crippen LogP contribution in [0.15, 0.2) is 54.6 Å². The summed E-state index contributed by atoms with van der Waals surface area (Å²) < 4.78 is 0. The van der Waals surface area contributed by atoms with Crippen LogP contribution in [0.5, 0.6) is 0 Å². The van der Waals surface area contributed by atoms with Crippen LogP contribution in [-0.4, -0.2) is 39.1 Å². The molecule has 0 spiro atoms. The number of hydrogen-bond donors (Lipinski definition) is 1. The van der Waals surface area contributed by atoms with Crippen LogP contribution in [0.4, 0.5) is 11.4 Å². The van der Waals surface area contributed by atoms with Gasteiger partial charge in [-0.2, -0.15) is 0 Å². The van der Waals surface area contributed by atoms with Crippen molar-refractivity contribution >= 4 is 11.4 Å². The zero-order valence-corrected chi connectivity index (χ0v) is 13.6. The second kappa shape index (κ2) is 9.16. The van der Waals surface area contributed by atoms with E-state index >= 15 is 0 Å². The summed E-state index contributed by atoms with van der Waals surface area (Å²) in [6.45, 7) is 3.88. The average Bonchev–Trinajstić information content (AvgIpc) is 2.48. The molecule has 3 heteroatoms. The molecule has 0 aliphatic rings. The van der Waals surface area contributed by atoms with Gasteiger partial charge in [0.05, 0.1) is 0 Å². The summed E-state index contributed by atoms with van der Waals surface area (Å²) in [5, 5.41) is 0. The molecule has 0 unspecified atom stereocenters. The van der Waals surface area contributed by atoms with E-state index in [4.69, 9.17) is 5.73 Å². The number of anilines is 2. The number of hydrogen-bond acceptors (Lipinski definition) is 3. The predicted octanol–water partition coefficient (Wildman–Crippen LogP) is 3.27. The van der Waals surface area contributed by atoms with Gasteiger partial charge in [0.15, 0.2) is 0 Å². The van der Waals surface area contributed by atoms with Crippen LogP contribution in [0.2, 0.25) is 0 Å². The summed E-state index contributed by atoms with van der Waals surface area (Å²) in [5.74, 6) is 0. The van der Waals surface area contributed by atoms with E-state index in [9.17, 15) is 0 Å². The van der Waals surface area contributed by atoms with Crippen LogP contribution < -0.4 is 10.6 Å². The first kappa shape index (κ1) is 17.2. The lowest BCUT2D eigenvalue weighted by Gasteiger charge is -2.21. The highest BCUT2D eigenvalue weighted by Crippen LogP contribution is 2.25. The minimum Gasteiger partial charge on any atom is -0.344 e. The van der Waals surface area contributed by atoms with Gasteiger partial charge in [0, 0.05) is 31.5 Å². The van der Waals surface area contributed by atoms with Crippen molar-refractivity contribution in [1.29, 1.82) is 0 Å². The van der Waals surface area contributed by atoms with Gasteiger partial charge in [-0.05, 0) is 44.8 Å². The van der Waals surface area contributed by atoms with E-state index in [1.807, 2.05) is 20.2 Å². The van der Waals surface area contributed by atoms with E-state index in [0.29, 0.717) is 0 Å². The third-order valence-corrected chi connectivity index (χ3v) is 3.20. The van der Waals surface area contributed by atoms with Gasteiger partial charge >= 0.3 is 0 Å². The Hall–Kier alpha value is -1.84. The Morgan fingerprint density at radius 2 is 1.43 bits per heavy atom. The highest BCUT2D eigenvalue weighted by Gasteiger charge is 2.04. The van der Waals surface area contributed by atoms with Crippen LogP contribution in [0.25, 0.3) is 0 Å². The molecule has 2 aromatic carbocycles. The first-order valence-corrected chi connectivity index (χ1v) is 7.25. The van der Waals surface area contributed by atoms with Gasteiger partial charge in [-0.25, -0.2) is 0 Å². The van der Waals surface area contributed by atoms with Crippen molar-refractivity contribution < 1.29 is 0 Å². The molecule has 0 amide bonds. The second-order valence-corrected chi connectivity index (χ2v) is 5.27.